The highest BCUT2D eigenvalue weighted by Gasteiger charge is 2.46. The molecule has 0 saturated heterocycles. The Morgan fingerprint density at radius 3 is 2.53 bits per heavy atom. The number of halogens is 1. The molecule has 1 aliphatic carbocycles. The Balaban J connectivity index is 2.31. The number of rotatable bonds is 3. The largest absolute Gasteiger partial charge is 0.213 e. The summed E-state index contributed by atoms with van der Waals surface area (Å²) in [6, 6.07) is 7.33. The van der Waals surface area contributed by atoms with Crippen LogP contribution >= 0.6 is 11.6 Å². The van der Waals surface area contributed by atoms with E-state index in [-0.39, 0.29) is 0 Å². The van der Waals surface area contributed by atoms with E-state index in [1.165, 1.54) is 6.26 Å². The molecule has 1 aromatic rings. The Bertz CT molecular complexity index is 480. The molecule has 0 aromatic heterocycles. The van der Waals surface area contributed by atoms with Gasteiger partial charge in [-0.2, -0.15) is 0 Å². The van der Waals surface area contributed by atoms with Crippen molar-refractivity contribution in [2.75, 3.05) is 6.26 Å². The molecule has 1 N–H and O–H groups in total. The fraction of sp³-hybridized carbons (Fsp3) is 0.400. The quantitative estimate of drug-likeness (QED) is 0.884. The lowest BCUT2D eigenvalue weighted by molar-refractivity contribution is 0.557. The molecule has 0 heterocycles. The molecule has 5 heteroatoms. The van der Waals surface area contributed by atoms with E-state index in [1.807, 2.05) is 18.2 Å². The Labute approximate surface area is 94.5 Å². The van der Waals surface area contributed by atoms with Crippen molar-refractivity contribution in [3.05, 3.63) is 34.9 Å². The summed E-state index contributed by atoms with van der Waals surface area (Å²) in [5.74, 6) is 0. The number of sulfonamides is 1. The molecule has 3 nitrogen and oxygen atoms in total. The standard InChI is InChI=1S/C10H12ClNO2S/c1-15(13,14)12-10(5-6-10)8-3-2-4-9(11)7-8/h2-4,7,12H,5-6H2,1H3. The van der Waals surface area contributed by atoms with E-state index < -0.39 is 15.6 Å². The molecule has 1 aliphatic rings. The van der Waals surface area contributed by atoms with E-state index in [2.05, 4.69) is 4.72 Å². The van der Waals surface area contributed by atoms with Crippen LogP contribution in [-0.4, -0.2) is 14.7 Å². The van der Waals surface area contributed by atoms with Crippen molar-refractivity contribution in [2.24, 2.45) is 0 Å². The first-order chi connectivity index (χ1) is 6.91. The van der Waals surface area contributed by atoms with Gasteiger partial charge in [0.2, 0.25) is 10.0 Å². The minimum atomic E-state index is -3.17. The fourth-order valence-corrected chi connectivity index (χ4v) is 2.94. The Morgan fingerprint density at radius 2 is 2.07 bits per heavy atom. The fourth-order valence-electron chi connectivity index (χ4n) is 1.72. The van der Waals surface area contributed by atoms with Crippen LogP contribution in [0, 0.1) is 0 Å². The molecule has 0 amide bonds. The average molecular weight is 246 g/mol. The monoisotopic (exact) mass is 245 g/mol. The molecular weight excluding hydrogens is 234 g/mol. The summed E-state index contributed by atoms with van der Waals surface area (Å²) in [5.41, 5.74) is 0.541. The third-order valence-electron chi connectivity index (χ3n) is 2.51. The summed E-state index contributed by atoms with van der Waals surface area (Å²) < 4.78 is 25.1. The van der Waals surface area contributed by atoms with Crippen molar-refractivity contribution in [1.29, 1.82) is 0 Å². The second-order valence-corrected chi connectivity index (χ2v) is 6.15. The van der Waals surface area contributed by atoms with E-state index in [9.17, 15) is 8.42 Å². The van der Waals surface area contributed by atoms with Crippen LogP contribution in [0.1, 0.15) is 18.4 Å². The van der Waals surface area contributed by atoms with Crippen molar-refractivity contribution < 1.29 is 8.42 Å². The van der Waals surface area contributed by atoms with Crippen LogP contribution in [0.4, 0.5) is 0 Å². The minimum Gasteiger partial charge on any atom is -0.213 e. The van der Waals surface area contributed by atoms with Gasteiger partial charge in [-0.05, 0) is 30.5 Å². The molecule has 0 unspecified atom stereocenters. The molecule has 0 aliphatic heterocycles. The maximum Gasteiger partial charge on any atom is 0.209 e. The molecular formula is C10H12ClNO2S. The molecule has 0 atom stereocenters. The van der Waals surface area contributed by atoms with E-state index in [0.29, 0.717) is 5.02 Å². The topological polar surface area (TPSA) is 46.2 Å². The smallest absolute Gasteiger partial charge is 0.209 e. The Hall–Kier alpha value is -0.580. The van der Waals surface area contributed by atoms with Gasteiger partial charge in [0.15, 0.2) is 0 Å². The summed E-state index contributed by atoms with van der Waals surface area (Å²) in [4.78, 5) is 0. The zero-order valence-corrected chi connectivity index (χ0v) is 9.90. The summed E-state index contributed by atoms with van der Waals surface area (Å²) in [5, 5.41) is 0.633. The third kappa shape index (κ3) is 2.51. The lowest BCUT2D eigenvalue weighted by atomic mass is 10.1. The SMILES string of the molecule is CS(=O)(=O)NC1(c2cccc(Cl)c2)CC1. The van der Waals surface area contributed by atoms with Gasteiger partial charge < -0.3 is 0 Å². The van der Waals surface area contributed by atoms with Gasteiger partial charge >= 0.3 is 0 Å². The van der Waals surface area contributed by atoms with Crippen LogP contribution in [0.5, 0.6) is 0 Å². The molecule has 0 bridgehead atoms. The average Bonchev–Trinajstić information content (AvgIpc) is 2.83. The predicted octanol–water partition coefficient (Wildman–Crippen LogP) is 1.88. The predicted molar refractivity (Wildman–Crippen MR) is 60.3 cm³/mol. The summed E-state index contributed by atoms with van der Waals surface area (Å²) in [6.07, 6.45) is 2.85. The van der Waals surface area contributed by atoms with Crippen molar-refractivity contribution in [2.45, 2.75) is 18.4 Å². The number of benzene rings is 1. The highest BCUT2D eigenvalue weighted by atomic mass is 35.5. The van der Waals surface area contributed by atoms with Gasteiger partial charge in [-0.3, -0.25) is 0 Å². The van der Waals surface area contributed by atoms with Crippen molar-refractivity contribution >= 4 is 21.6 Å². The first-order valence-electron chi connectivity index (χ1n) is 4.66. The van der Waals surface area contributed by atoms with Gasteiger partial charge in [0, 0.05) is 5.02 Å². The first-order valence-corrected chi connectivity index (χ1v) is 6.93. The summed E-state index contributed by atoms with van der Waals surface area (Å²) in [6.45, 7) is 0. The normalized spacial score (nSPS) is 18.8. The van der Waals surface area contributed by atoms with Crippen LogP contribution < -0.4 is 4.72 Å². The second kappa shape index (κ2) is 3.47. The summed E-state index contributed by atoms with van der Waals surface area (Å²) >= 11 is 5.87. The van der Waals surface area contributed by atoms with Crippen molar-refractivity contribution in [3.8, 4) is 0 Å². The van der Waals surface area contributed by atoms with Gasteiger partial charge in [-0.15, -0.1) is 0 Å². The molecule has 1 aromatic carbocycles. The van der Waals surface area contributed by atoms with Crippen LogP contribution in [0.15, 0.2) is 24.3 Å². The van der Waals surface area contributed by atoms with Crippen LogP contribution in [0.3, 0.4) is 0 Å². The number of hydrogen-bond acceptors (Lipinski definition) is 2. The molecule has 2 rings (SSSR count). The van der Waals surface area contributed by atoms with E-state index in [0.717, 1.165) is 18.4 Å². The zero-order chi connectivity index (χ0) is 11.1. The summed E-state index contributed by atoms with van der Waals surface area (Å²) in [7, 11) is -3.17. The molecule has 1 saturated carbocycles. The molecule has 1 fully saturated rings. The number of nitrogens with one attached hydrogen (secondary N) is 1. The highest BCUT2D eigenvalue weighted by molar-refractivity contribution is 7.88. The van der Waals surface area contributed by atoms with Crippen LogP contribution in [0.25, 0.3) is 0 Å². The van der Waals surface area contributed by atoms with Crippen molar-refractivity contribution in [1.82, 2.24) is 4.72 Å². The van der Waals surface area contributed by atoms with Gasteiger partial charge in [0.25, 0.3) is 0 Å². The first kappa shape index (κ1) is 10.9. The van der Waals surface area contributed by atoms with Gasteiger partial charge in [0.05, 0.1) is 11.8 Å². The van der Waals surface area contributed by atoms with Gasteiger partial charge in [-0.25, -0.2) is 13.1 Å². The number of hydrogen-bond donors (Lipinski definition) is 1. The highest BCUT2D eigenvalue weighted by Crippen LogP contribution is 2.46. The van der Waals surface area contributed by atoms with E-state index >= 15 is 0 Å². The zero-order valence-electron chi connectivity index (χ0n) is 8.33. The van der Waals surface area contributed by atoms with Gasteiger partial charge in [0.1, 0.15) is 0 Å². The van der Waals surface area contributed by atoms with Crippen LogP contribution in [0.2, 0.25) is 5.02 Å². The molecule has 15 heavy (non-hydrogen) atoms. The Morgan fingerprint density at radius 1 is 1.40 bits per heavy atom. The lowest BCUT2D eigenvalue weighted by Crippen LogP contribution is -2.33. The maximum atomic E-state index is 11.2. The molecule has 0 radical (unpaired) electrons. The molecule has 82 valence electrons. The molecule has 0 spiro atoms. The Kier molecular flexibility index (Phi) is 2.53. The second-order valence-electron chi connectivity index (χ2n) is 3.97. The van der Waals surface area contributed by atoms with E-state index in [4.69, 9.17) is 11.6 Å². The van der Waals surface area contributed by atoms with Crippen molar-refractivity contribution in [3.63, 3.8) is 0 Å². The third-order valence-corrected chi connectivity index (χ3v) is 3.50. The lowest BCUT2D eigenvalue weighted by Gasteiger charge is -2.16. The maximum absolute atomic E-state index is 11.2. The van der Waals surface area contributed by atoms with Crippen LogP contribution in [-0.2, 0) is 15.6 Å². The minimum absolute atomic E-state index is 0.404. The van der Waals surface area contributed by atoms with Gasteiger partial charge in [-0.1, -0.05) is 23.7 Å². The van der Waals surface area contributed by atoms with E-state index in [1.54, 1.807) is 6.07 Å².